The number of hydrogen-bond acceptors (Lipinski definition) is 3. The van der Waals surface area contributed by atoms with Gasteiger partial charge in [-0.1, -0.05) is 0 Å². The van der Waals surface area contributed by atoms with Crippen LogP contribution >= 0.6 is 0 Å². The number of methoxy groups -OCH3 is 2. The molecule has 0 aromatic rings. The van der Waals surface area contributed by atoms with Crippen LogP contribution in [0.25, 0.3) is 0 Å². The Morgan fingerprint density at radius 1 is 1.62 bits per heavy atom. The summed E-state index contributed by atoms with van der Waals surface area (Å²) in [5, 5.41) is 0. The molecule has 4 atom stereocenters. The molecule has 1 saturated heterocycles. The number of fused-ring (bicyclic) bond motifs is 1. The molecule has 70 valence electrons. The van der Waals surface area contributed by atoms with Crippen molar-refractivity contribution in [1.29, 1.82) is 0 Å². The number of ether oxygens (including phenoxy) is 3. The normalized spacial score (nSPS) is 50.0. The molecule has 0 radical (unpaired) electrons. The first-order chi connectivity index (χ1) is 6.30. The predicted octanol–water partition coefficient (Wildman–Crippen LogP) is -0.347. The van der Waals surface area contributed by atoms with E-state index in [1.54, 1.807) is 14.2 Å². The third kappa shape index (κ3) is 0.796. The average molecular weight is 180 g/mol. The molecule has 2 heterocycles. The minimum atomic E-state index is -0.164. The molecule has 1 aliphatic carbocycles. The third-order valence-corrected chi connectivity index (χ3v) is 3.52. The fraction of sp³-hybridized carbons (Fsp3) is 0.889. The summed E-state index contributed by atoms with van der Waals surface area (Å²) >= 11 is 0. The molecule has 13 heavy (non-hydrogen) atoms. The van der Waals surface area contributed by atoms with Gasteiger partial charge in [-0.15, -0.1) is 0 Å². The van der Waals surface area contributed by atoms with Crippen LogP contribution in [0.4, 0.5) is 0 Å². The van der Waals surface area contributed by atoms with E-state index in [4.69, 9.17) is 14.2 Å². The van der Waals surface area contributed by atoms with E-state index in [0.717, 1.165) is 6.42 Å². The molecule has 4 heteroatoms. The Balaban J connectivity index is 1.93. The molecule has 3 nitrogen and oxygen atoms in total. The van der Waals surface area contributed by atoms with Crippen molar-refractivity contribution >= 4 is 12.4 Å². The van der Waals surface area contributed by atoms with Crippen molar-refractivity contribution < 1.29 is 14.2 Å². The Morgan fingerprint density at radius 3 is 3.00 bits per heavy atom. The zero-order valence-electron chi connectivity index (χ0n) is 7.95. The van der Waals surface area contributed by atoms with Gasteiger partial charge < -0.3 is 0 Å². The van der Waals surface area contributed by atoms with Gasteiger partial charge >= 0.3 is 77.5 Å². The molecule has 2 fully saturated rings. The van der Waals surface area contributed by atoms with Gasteiger partial charge in [0, 0.05) is 0 Å². The van der Waals surface area contributed by atoms with Crippen LogP contribution in [-0.4, -0.2) is 50.9 Å². The molecular weight excluding hydrogens is 167 g/mol. The van der Waals surface area contributed by atoms with E-state index < -0.39 is 0 Å². The summed E-state index contributed by atoms with van der Waals surface area (Å²) in [5.41, 5.74) is 1.35. The predicted molar refractivity (Wildman–Crippen MR) is 49.1 cm³/mol. The van der Waals surface area contributed by atoms with Gasteiger partial charge in [0.15, 0.2) is 0 Å². The fourth-order valence-corrected chi connectivity index (χ4v) is 3.10. The Morgan fingerprint density at radius 2 is 2.46 bits per heavy atom. The summed E-state index contributed by atoms with van der Waals surface area (Å²) in [5.74, 6) is 0.528. The molecule has 2 bridgehead atoms. The van der Waals surface area contributed by atoms with Gasteiger partial charge in [-0.25, -0.2) is 0 Å². The quantitative estimate of drug-likeness (QED) is 0.555. The van der Waals surface area contributed by atoms with Gasteiger partial charge in [0.05, 0.1) is 0 Å². The summed E-state index contributed by atoms with van der Waals surface area (Å²) in [7, 11) is 3.48. The number of hydrogen-bond donors (Lipinski definition) is 0. The van der Waals surface area contributed by atoms with Crippen molar-refractivity contribution in [3.8, 4) is 0 Å². The molecule has 3 aliphatic rings. The SMILES string of the molecule is COC[C@]12CC3=B[C@H](O1)C3[C@@H]2OC. The van der Waals surface area contributed by atoms with Crippen molar-refractivity contribution in [2.45, 2.75) is 24.1 Å². The van der Waals surface area contributed by atoms with Gasteiger partial charge in [0.1, 0.15) is 0 Å². The monoisotopic (exact) mass is 180 g/mol. The van der Waals surface area contributed by atoms with Crippen LogP contribution in [0.1, 0.15) is 6.42 Å². The Kier molecular flexibility index (Phi) is 1.53. The second-order valence-corrected chi connectivity index (χ2v) is 4.18. The summed E-state index contributed by atoms with van der Waals surface area (Å²) in [6.45, 7) is 2.87. The van der Waals surface area contributed by atoms with Crippen molar-refractivity contribution in [3.05, 3.63) is 0 Å². The van der Waals surface area contributed by atoms with Crippen molar-refractivity contribution in [2.75, 3.05) is 20.8 Å². The first-order valence-corrected chi connectivity index (χ1v) is 4.71. The van der Waals surface area contributed by atoms with E-state index in [-0.39, 0.29) is 11.7 Å². The topological polar surface area (TPSA) is 27.7 Å². The van der Waals surface area contributed by atoms with E-state index in [1.165, 1.54) is 5.46 Å². The van der Waals surface area contributed by atoms with E-state index in [2.05, 4.69) is 6.92 Å². The molecule has 0 N–H and O–H groups in total. The molecule has 3 rings (SSSR count). The van der Waals surface area contributed by atoms with Crippen molar-refractivity contribution in [3.63, 3.8) is 0 Å². The minimum absolute atomic E-state index is 0.164. The summed E-state index contributed by atoms with van der Waals surface area (Å²) in [4.78, 5) is 0. The van der Waals surface area contributed by atoms with Gasteiger partial charge in [0.25, 0.3) is 0 Å². The fourth-order valence-electron chi connectivity index (χ4n) is 3.10. The first-order valence-electron chi connectivity index (χ1n) is 4.71. The van der Waals surface area contributed by atoms with Crippen LogP contribution < -0.4 is 0 Å². The van der Waals surface area contributed by atoms with E-state index in [0.29, 0.717) is 18.5 Å². The molecule has 2 aliphatic heterocycles. The Labute approximate surface area is 78.3 Å². The standard InChI is InChI=1S/C9H13BO3/c1-11-4-9-3-5-6(7(9)12-2)8(10-5)13-9/h6-8H,3-4H2,1-2H3/t6?,7-,8+,9-/m0/s1. The Hall–Kier alpha value is -0.185. The third-order valence-electron chi connectivity index (χ3n) is 3.52. The van der Waals surface area contributed by atoms with Crippen LogP contribution in [0.5, 0.6) is 0 Å². The van der Waals surface area contributed by atoms with Crippen molar-refractivity contribution in [2.24, 2.45) is 5.92 Å². The second kappa shape index (κ2) is 2.44. The number of rotatable bonds is 3. The molecule has 0 amide bonds. The van der Waals surface area contributed by atoms with Crippen LogP contribution in [0.15, 0.2) is 0 Å². The van der Waals surface area contributed by atoms with Gasteiger partial charge in [-0.2, -0.15) is 0 Å². The Bertz CT molecular complexity index is 278. The van der Waals surface area contributed by atoms with E-state index in [1.807, 2.05) is 0 Å². The first kappa shape index (κ1) is 8.15. The van der Waals surface area contributed by atoms with Gasteiger partial charge in [0.2, 0.25) is 0 Å². The van der Waals surface area contributed by atoms with Crippen LogP contribution in [0, 0.1) is 5.92 Å². The van der Waals surface area contributed by atoms with Crippen LogP contribution in [0.3, 0.4) is 0 Å². The summed E-state index contributed by atoms with van der Waals surface area (Å²) in [6, 6.07) is 0.309. The molecule has 0 spiro atoms. The zero-order chi connectivity index (χ0) is 9.05. The average Bonchev–Trinajstić information content (AvgIpc) is 2.49. The van der Waals surface area contributed by atoms with Crippen molar-refractivity contribution in [1.82, 2.24) is 0 Å². The molecular formula is C9H13BO3. The maximum atomic E-state index is 5.93. The van der Waals surface area contributed by atoms with E-state index in [9.17, 15) is 0 Å². The molecule has 1 saturated carbocycles. The van der Waals surface area contributed by atoms with Crippen LogP contribution in [-0.2, 0) is 14.2 Å². The van der Waals surface area contributed by atoms with E-state index >= 15 is 0 Å². The summed E-state index contributed by atoms with van der Waals surface area (Å²) < 4.78 is 16.7. The summed E-state index contributed by atoms with van der Waals surface area (Å²) in [6.07, 6.45) is 1.22. The molecule has 1 unspecified atom stereocenters. The molecule has 0 aromatic heterocycles. The van der Waals surface area contributed by atoms with Gasteiger partial charge in [-0.05, 0) is 0 Å². The zero-order valence-corrected chi connectivity index (χ0v) is 7.95. The molecule has 0 aromatic carbocycles. The maximum absolute atomic E-state index is 5.93. The second-order valence-electron chi connectivity index (χ2n) is 4.18. The van der Waals surface area contributed by atoms with Gasteiger partial charge in [-0.3, -0.25) is 0 Å². The van der Waals surface area contributed by atoms with Crippen LogP contribution in [0.2, 0.25) is 0 Å².